The minimum atomic E-state index is -0.272. The Morgan fingerprint density at radius 3 is 2.65 bits per heavy atom. The van der Waals surface area contributed by atoms with E-state index in [0.717, 1.165) is 38.3 Å². The maximum Gasteiger partial charge on any atom is 0.290 e. The second kappa shape index (κ2) is 10.1. The number of likely N-dealkylation sites (tertiary alicyclic amines) is 1. The van der Waals surface area contributed by atoms with Crippen LogP contribution in [0.1, 0.15) is 34.7 Å². The van der Waals surface area contributed by atoms with E-state index in [2.05, 4.69) is 14.9 Å². The number of hydrogen-bond acceptors (Lipinski definition) is 7. The molecule has 2 aliphatic heterocycles. The molecule has 1 amide bonds. The van der Waals surface area contributed by atoms with Gasteiger partial charge in [0, 0.05) is 45.3 Å². The summed E-state index contributed by atoms with van der Waals surface area (Å²) < 4.78 is 8.22. The van der Waals surface area contributed by atoms with Crippen molar-refractivity contribution in [2.45, 2.75) is 25.0 Å². The molecule has 0 radical (unpaired) electrons. The topological polar surface area (TPSA) is 125 Å². The van der Waals surface area contributed by atoms with E-state index in [9.17, 15) is 4.79 Å². The van der Waals surface area contributed by atoms with E-state index in [4.69, 9.17) is 19.9 Å². The lowest BCUT2D eigenvalue weighted by Gasteiger charge is -2.47. The van der Waals surface area contributed by atoms with E-state index < -0.39 is 0 Å². The number of morpholine rings is 1. The van der Waals surface area contributed by atoms with Crippen molar-refractivity contribution in [3.05, 3.63) is 47.8 Å². The second-order valence-electron chi connectivity index (χ2n) is 7.64. The van der Waals surface area contributed by atoms with Crippen molar-refractivity contribution in [1.29, 1.82) is 5.26 Å². The predicted octanol–water partition coefficient (Wildman–Crippen LogP) is 0.895. The molecular weight excluding hydrogens is 400 g/mol. The van der Waals surface area contributed by atoms with Gasteiger partial charge in [0.2, 0.25) is 0 Å². The fraction of sp³-hybridized carbons (Fsp3) is 0.476. The highest BCUT2D eigenvalue weighted by atomic mass is 16.5. The minimum Gasteiger partial charge on any atom is -0.483 e. The standard InChI is InChI=1S/C20H24N6O2.CH2O2/c1-24-9-6-22-18(24)14-25-7-4-20(5-8-25)15-26(10-11-28-20)19(27)16-2-3-17(12-21)23-13-16;2-1-3/h2-3,6,9,13H,4-5,7-8,10-11,14-15H2,1H3;1H,(H,2,3). The molecule has 0 bridgehead atoms. The lowest BCUT2D eigenvalue weighted by atomic mass is 9.89. The Morgan fingerprint density at radius 2 is 2.06 bits per heavy atom. The molecule has 2 fully saturated rings. The summed E-state index contributed by atoms with van der Waals surface area (Å²) in [4.78, 5) is 33.9. The van der Waals surface area contributed by atoms with Crippen molar-refractivity contribution in [2.24, 2.45) is 7.05 Å². The van der Waals surface area contributed by atoms with E-state index in [1.807, 2.05) is 35.0 Å². The molecule has 10 nitrogen and oxygen atoms in total. The number of aromatic nitrogens is 3. The molecule has 2 aliphatic rings. The molecular formula is C21H26N6O4. The number of nitrogens with zero attached hydrogens (tertiary/aromatic N) is 6. The van der Waals surface area contributed by atoms with Crippen molar-refractivity contribution >= 4 is 12.4 Å². The quantitative estimate of drug-likeness (QED) is 0.718. The monoisotopic (exact) mass is 426 g/mol. The van der Waals surface area contributed by atoms with Gasteiger partial charge in [-0.1, -0.05) is 0 Å². The van der Waals surface area contributed by atoms with Crippen LogP contribution in [-0.2, 0) is 23.1 Å². The van der Waals surface area contributed by atoms with E-state index in [1.165, 1.54) is 6.20 Å². The zero-order chi connectivity index (χ0) is 22.3. The molecule has 4 rings (SSSR count). The first-order valence-corrected chi connectivity index (χ1v) is 10.1. The third-order valence-corrected chi connectivity index (χ3v) is 5.71. The Hall–Kier alpha value is -3.29. The zero-order valence-corrected chi connectivity index (χ0v) is 17.5. The first kappa shape index (κ1) is 22.4. The van der Waals surface area contributed by atoms with Gasteiger partial charge in [-0.3, -0.25) is 14.5 Å². The van der Waals surface area contributed by atoms with E-state index in [-0.39, 0.29) is 18.0 Å². The molecule has 2 saturated heterocycles. The van der Waals surface area contributed by atoms with Gasteiger partial charge in [-0.2, -0.15) is 5.26 Å². The van der Waals surface area contributed by atoms with Gasteiger partial charge in [-0.25, -0.2) is 9.97 Å². The molecule has 2 aromatic heterocycles. The number of nitriles is 1. The van der Waals surface area contributed by atoms with Crippen molar-refractivity contribution in [3.8, 4) is 6.07 Å². The number of hydrogen-bond donors (Lipinski definition) is 1. The lowest BCUT2D eigenvalue weighted by Crippen LogP contribution is -2.58. The SMILES string of the molecule is Cn1ccnc1CN1CCC2(CC1)CN(C(=O)c1ccc(C#N)nc1)CCO2.O=CO. The number of carboxylic acid groups (broad SMARTS) is 1. The molecule has 1 spiro atoms. The maximum atomic E-state index is 12.9. The van der Waals surface area contributed by atoms with Crippen LogP contribution in [0.2, 0.25) is 0 Å². The van der Waals surface area contributed by atoms with Crippen LogP contribution in [0.3, 0.4) is 0 Å². The summed E-state index contributed by atoms with van der Waals surface area (Å²) in [6.07, 6.45) is 7.07. The van der Waals surface area contributed by atoms with Crippen molar-refractivity contribution in [1.82, 2.24) is 24.3 Å². The Morgan fingerprint density at radius 1 is 1.32 bits per heavy atom. The number of carbonyl (C=O) groups excluding carboxylic acids is 1. The Labute approximate surface area is 180 Å². The minimum absolute atomic E-state index is 0.0462. The summed E-state index contributed by atoms with van der Waals surface area (Å²) in [7, 11) is 2.01. The lowest BCUT2D eigenvalue weighted by molar-refractivity contribution is -0.128. The van der Waals surface area contributed by atoms with E-state index >= 15 is 0 Å². The van der Waals surface area contributed by atoms with Crippen LogP contribution < -0.4 is 0 Å². The van der Waals surface area contributed by atoms with E-state index in [0.29, 0.717) is 31.0 Å². The van der Waals surface area contributed by atoms with Gasteiger partial charge >= 0.3 is 0 Å². The third kappa shape index (κ3) is 5.45. The van der Waals surface area contributed by atoms with Crippen LogP contribution in [0.4, 0.5) is 0 Å². The number of ether oxygens (including phenoxy) is 1. The summed E-state index contributed by atoms with van der Waals surface area (Å²) >= 11 is 0. The van der Waals surface area contributed by atoms with Gasteiger partial charge in [-0.15, -0.1) is 0 Å². The molecule has 31 heavy (non-hydrogen) atoms. The number of amides is 1. The number of piperidine rings is 1. The van der Waals surface area contributed by atoms with Crippen molar-refractivity contribution in [2.75, 3.05) is 32.8 Å². The Balaban J connectivity index is 0.000000858. The number of carbonyl (C=O) groups is 2. The summed E-state index contributed by atoms with van der Waals surface area (Å²) in [6.45, 7) is 4.16. The molecule has 1 N–H and O–H groups in total. The van der Waals surface area contributed by atoms with Crippen LogP contribution in [-0.4, -0.2) is 80.2 Å². The fourth-order valence-electron chi connectivity index (χ4n) is 3.96. The smallest absolute Gasteiger partial charge is 0.290 e. The average molecular weight is 426 g/mol. The van der Waals surface area contributed by atoms with Gasteiger partial charge in [-0.05, 0) is 25.0 Å². The van der Waals surface area contributed by atoms with Gasteiger partial charge in [0.15, 0.2) is 0 Å². The van der Waals surface area contributed by atoms with E-state index in [1.54, 1.807) is 12.1 Å². The highest BCUT2D eigenvalue weighted by molar-refractivity contribution is 5.94. The van der Waals surface area contributed by atoms with Crippen LogP contribution in [0.25, 0.3) is 0 Å². The average Bonchev–Trinajstić information content (AvgIpc) is 3.20. The van der Waals surface area contributed by atoms with Crippen molar-refractivity contribution in [3.63, 3.8) is 0 Å². The molecule has 0 atom stereocenters. The molecule has 2 aromatic rings. The molecule has 10 heteroatoms. The molecule has 164 valence electrons. The Bertz CT molecular complexity index is 928. The number of aryl methyl sites for hydroxylation is 1. The first-order valence-electron chi connectivity index (χ1n) is 10.1. The van der Waals surface area contributed by atoms with Crippen LogP contribution in [0, 0.1) is 11.3 Å². The number of rotatable bonds is 3. The largest absolute Gasteiger partial charge is 0.483 e. The number of pyridine rings is 1. The highest BCUT2D eigenvalue weighted by Gasteiger charge is 2.41. The highest BCUT2D eigenvalue weighted by Crippen LogP contribution is 2.31. The summed E-state index contributed by atoms with van der Waals surface area (Å²) in [5, 5.41) is 15.8. The van der Waals surface area contributed by atoms with Gasteiger partial charge in [0.05, 0.1) is 30.9 Å². The predicted molar refractivity (Wildman–Crippen MR) is 110 cm³/mol. The maximum absolute atomic E-state index is 12.9. The van der Waals surface area contributed by atoms with Gasteiger partial charge < -0.3 is 19.3 Å². The zero-order valence-electron chi connectivity index (χ0n) is 17.5. The second-order valence-corrected chi connectivity index (χ2v) is 7.64. The van der Waals surface area contributed by atoms with Crippen LogP contribution in [0.5, 0.6) is 0 Å². The fourth-order valence-corrected chi connectivity index (χ4v) is 3.96. The number of imidazole rings is 1. The normalized spacial score (nSPS) is 18.0. The van der Waals surface area contributed by atoms with Gasteiger partial charge in [0.25, 0.3) is 12.4 Å². The molecule has 0 aliphatic carbocycles. The molecule has 0 saturated carbocycles. The molecule has 4 heterocycles. The summed E-state index contributed by atoms with van der Waals surface area (Å²) in [6, 6.07) is 5.23. The first-order chi connectivity index (χ1) is 15.0. The third-order valence-electron chi connectivity index (χ3n) is 5.71. The van der Waals surface area contributed by atoms with Gasteiger partial charge in [0.1, 0.15) is 17.6 Å². The molecule has 0 unspecified atom stereocenters. The Kier molecular flexibility index (Phi) is 7.33. The van der Waals surface area contributed by atoms with Crippen LogP contribution >= 0.6 is 0 Å². The van der Waals surface area contributed by atoms with Crippen LogP contribution in [0.15, 0.2) is 30.7 Å². The summed E-state index contributed by atoms with van der Waals surface area (Å²) in [5.74, 6) is 1.01. The van der Waals surface area contributed by atoms with Crippen molar-refractivity contribution < 1.29 is 19.4 Å². The summed E-state index contributed by atoms with van der Waals surface area (Å²) in [5.41, 5.74) is 0.560. The molecule has 0 aromatic carbocycles.